The molecule has 2 N–H and O–H groups in total. The lowest BCUT2D eigenvalue weighted by Gasteiger charge is -2.20. The highest BCUT2D eigenvalue weighted by Gasteiger charge is 2.29. The predicted molar refractivity (Wildman–Crippen MR) is 81.5 cm³/mol. The maximum Gasteiger partial charge on any atom is 0.304 e. The van der Waals surface area contributed by atoms with Gasteiger partial charge in [0.15, 0.2) is 0 Å². The Bertz CT molecular complexity index is 517. The second kappa shape index (κ2) is 7.43. The Balaban J connectivity index is 1.79. The lowest BCUT2D eigenvalue weighted by molar-refractivity contribution is -0.137. The quantitative estimate of drug-likeness (QED) is 0.774. The predicted octanol–water partition coefficient (Wildman–Crippen LogP) is 2.61. The molecule has 1 amide bonds. The number of benzene rings is 1. The number of hydrogen-bond donors (Lipinski definition) is 2. The third kappa shape index (κ3) is 5.36. The largest absolute Gasteiger partial charge is 0.481 e. The third-order valence-electron chi connectivity index (χ3n) is 3.45. The molecule has 0 spiro atoms. The zero-order valence-corrected chi connectivity index (χ0v) is 12.5. The molecule has 1 aromatic carbocycles. The van der Waals surface area contributed by atoms with Crippen molar-refractivity contribution in [2.75, 3.05) is 18.4 Å². The first-order valence-corrected chi connectivity index (χ1v) is 7.44. The Kier molecular flexibility index (Phi) is 5.59. The van der Waals surface area contributed by atoms with Gasteiger partial charge in [0.2, 0.25) is 5.91 Å². The molecule has 1 saturated carbocycles. The minimum absolute atomic E-state index is 0.107. The highest BCUT2D eigenvalue weighted by atomic mass is 35.5. The summed E-state index contributed by atoms with van der Waals surface area (Å²) in [7, 11) is 0. The lowest BCUT2D eigenvalue weighted by atomic mass is 10.3. The van der Waals surface area contributed by atoms with Crippen LogP contribution in [0.2, 0.25) is 5.02 Å². The average Bonchev–Trinajstić information content (AvgIpc) is 3.25. The van der Waals surface area contributed by atoms with E-state index in [0.717, 1.165) is 12.8 Å². The van der Waals surface area contributed by atoms with Crippen molar-refractivity contribution in [2.45, 2.75) is 31.7 Å². The van der Waals surface area contributed by atoms with Crippen LogP contribution in [-0.4, -0.2) is 41.0 Å². The summed E-state index contributed by atoms with van der Waals surface area (Å²) in [6.45, 7) is 1.08. The van der Waals surface area contributed by atoms with Gasteiger partial charge in [0, 0.05) is 25.6 Å². The molecule has 0 radical (unpaired) electrons. The summed E-state index contributed by atoms with van der Waals surface area (Å²) < 4.78 is 0. The van der Waals surface area contributed by atoms with Crippen LogP contribution < -0.4 is 5.32 Å². The van der Waals surface area contributed by atoms with E-state index in [-0.39, 0.29) is 12.3 Å². The fourth-order valence-electron chi connectivity index (χ4n) is 2.18. The Morgan fingerprint density at radius 1 is 1.24 bits per heavy atom. The second-order valence-electron chi connectivity index (χ2n) is 5.19. The SMILES string of the molecule is O=C(O)CCN(CCC(=O)Nc1ccccc1Cl)C1CC1. The molecule has 0 saturated heterocycles. The van der Waals surface area contributed by atoms with Gasteiger partial charge < -0.3 is 10.4 Å². The number of nitrogens with one attached hydrogen (secondary N) is 1. The normalized spacial score (nSPS) is 14.2. The summed E-state index contributed by atoms with van der Waals surface area (Å²) in [5, 5.41) is 12.0. The first-order chi connectivity index (χ1) is 10.1. The van der Waals surface area contributed by atoms with E-state index in [0.29, 0.717) is 36.3 Å². The van der Waals surface area contributed by atoms with Gasteiger partial charge in [0.1, 0.15) is 0 Å². The molecule has 1 fully saturated rings. The van der Waals surface area contributed by atoms with Gasteiger partial charge in [-0.2, -0.15) is 0 Å². The van der Waals surface area contributed by atoms with E-state index in [1.165, 1.54) is 0 Å². The van der Waals surface area contributed by atoms with Gasteiger partial charge in [-0.1, -0.05) is 23.7 Å². The van der Waals surface area contributed by atoms with Crippen molar-refractivity contribution in [2.24, 2.45) is 0 Å². The molecule has 1 aliphatic carbocycles. The van der Waals surface area contributed by atoms with Crippen molar-refractivity contribution < 1.29 is 14.7 Å². The van der Waals surface area contributed by atoms with E-state index in [4.69, 9.17) is 16.7 Å². The third-order valence-corrected chi connectivity index (χ3v) is 3.78. The average molecular weight is 311 g/mol. The number of anilines is 1. The molecule has 0 bridgehead atoms. The molecule has 0 heterocycles. The molecule has 21 heavy (non-hydrogen) atoms. The Hall–Kier alpha value is -1.59. The molecule has 1 aliphatic rings. The summed E-state index contributed by atoms with van der Waals surface area (Å²) in [5.41, 5.74) is 0.604. The summed E-state index contributed by atoms with van der Waals surface area (Å²) in [6, 6.07) is 7.53. The summed E-state index contributed by atoms with van der Waals surface area (Å²) in [5.74, 6) is -0.912. The van der Waals surface area contributed by atoms with E-state index in [9.17, 15) is 9.59 Å². The Labute approximate surface area is 128 Å². The van der Waals surface area contributed by atoms with Crippen molar-refractivity contribution in [3.05, 3.63) is 29.3 Å². The lowest BCUT2D eigenvalue weighted by Crippen LogP contribution is -2.32. The Morgan fingerprint density at radius 2 is 1.90 bits per heavy atom. The molecular weight excluding hydrogens is 292 g/mol. The zero-order valence-electron chi connectivity index (χ0n) is 11.7. The van der Waals surface area contributed by atoms with Gasteiger partial charge >= 0.3 is 5.97 Å². The van der Waals surface area contributed by atoms with Crippen LogP contribution in [0.1, 0.15) is 25.7 Å². The molecular formula is C15H19ClN2O3. The van der Waals surface area contributed by atoms with Crippen LogP contribution in [0, 0.1) is 0 Å². The minimum atomic E-state index is -0.804. The molecule has 5 nitrogen and oxygen atoms in total. The first kappa shape index (κ1) is 15.8. The molecule has 2 rings (SSSR count). The summed E-state index contributed by atoms with van der Waals surface area (Å²) in [6.07, 6.45) is 2.63. The Morgan fingerprint density at radius 3 is 2.52 bits per heavy atom. The maximum atomic E-state index is 11.9. The standard InChI is InChI=1S/C15H19ClN2O3/c16-12-3-1-2-4-13(12)17-14(19)7-9-18(11-5-6-11)10-8-15(20)21/h1-4,11H,5-10H2,(H,17,19)(H,20,21). The second-order valence-corrected chi connectivity index (χ2v) is 5.60. The molecule has 0 unspecified atom stereocenters. The van der Waals surface area contributed by atoms with Crippen LogP contribution in [0.25, 0.3) is 0 Å². The first-order valence-electron chi connectivity index (χ1n) is 7.06. The molecule has 0 aliphatic heterocycles. The molecule has 0 atom stereocenters. The van der Waals surface area contributed by atoms with Crippen LogP contribution in [0.3, 0.4) is 0 Å². The van der Waals surface area contributed by atoms with Crippen LogP contribution in [0.5, 0.6) is 0 Å². The number of aliphatic carboxylic acids is 1. The minimum Gasteiger partial charge on any atom is -0.481 e. The van der Waals surface area contributed by atoms with Crippen LogP contribution in [0.4, 0.5) is 5.69 Å². The number of hydrogen-bond acceptors (Lipinski definition) is 3. The highest BCUT2D eigenvalue weighted by molar-refractivity contribution is 6.33. The van der Waals surface area contributed by atoms with Crippen molar-refractivity contribution >= 4 is 29.2 Å². The molecule has 1 aromatic rings. The van der Waals surface area contributed by atoms with Crippen LogP contribution >= 0.6 is 11.6 Å². The summed E-state index contributed by atoms with van der Waals surface area (Å²) in [4.78, 5) is 24.7. The van der Waals surface area contributed by atoms with Gasteiger partial charge in [-0.3, -0.25) is 14.5 Å². The molecule has 0 aromatic heterocycles. The topological polar surface area (TPSA) is 69.6 Å². The molecule has 114 valence electrons. The monoisotopic (exact) mass is 310 g/mol. The summed E-state index contributed by atoms with van der Waals surface area (Å²) >= 11 is 5.99. The number of carbonyl (C=O) groups is 2. The number of halogens is 1. The van der Waals surface area contributed by atoms with Crippen molar-refractivity contribution in [3.8, 4) is 0 Å². The van der Waals surface area contributed by atoms with E-state index in [1.54, 1.807) is 18.2 Å². The fourth-order valence-corrected chi connectivity index (χ4v) is 2.36. The van der Waals surface area contributed by atoms with Gasteiger partial charge in [0.05, 0.1) is 17.1 Å². The smallest absolute Gasteiger partial charge is 0.304 e. The van der Waals surface area contributed by atoms with Gasteiger partial charge in [-0.25, -0.2) is 0 Å². The molecule has 6 heteroatoms. The van der Waals surface area contributed by atoms with Crippen LogP contribution in [-0.2, 0) is 9.59 Å². The number of para-hydroxylation sites is 1. The van der Waals surface area contributed by atoms with Crippen molar-refractivity contribution in [1.29, 1.82) is 0 Å². The maximum absolute atomic E-state index is 11.9. The van der Waals surface area contributed by atoms with Crippen molar-refractivity contribution in [1.82, 2.24) is 4.90 Å². The number of carbonyl (C=O) groups excluding carboxylic acids is 1. The van der Waals surface area contributed by atoms with Crippen LogP contribution in [0.15, 0.2) is 24.3 Å². The number of amides is 1. The van der Waals surface area contributed by atoms with Gasteiger partial charge in [0.25, 0.3) is 0 Å². The van der Waals surface area contributed by atoms with E-state index in [2.05, 4.69) is 10.2 Å². The number of carboxylic acid groups (broad SMARTS) is 1. The fraction of sp³-hybridized carbons (Fsp3) is 0.467. The number of carboxylic acids is 1. The number of rotatable bonds is 8. The van der Waals surface area contributed by atoms with Gasteiger partial charge in [-0.05, 0) is 25.0 Å². The zero-order chi connectivity index (χ0) is 15.2. The van der Waals surface area contributed by atoms with E-state index in [1.807, 2.05) is 6.07 Å². The van der Waals surface area contributed by atoms with Crippen molar-refractivity contribution in [3.63, 3.8) is 0 Å². The highest BCUT2D eigenvalue weighted by Crippen LogP contribution is 2.27. The van der Waals surface area contributed by atoms with E-state index >= 15 is 0 Å². The number of nitrogens with zero attached hydrogens (tertiary/aromatic N) is 1. The van der Waals surface area contributed by atoms with E-state index < -0.39 is 5.97 Å². The van der Waals surface area contributed by atoms with Gasteiger partial charge in [-0.15, -0.1) is 0 Å².